The van der Waals surface area contributed by atoms with E-state index in [0.717, 1.165) is 22.9 Å². The topological polar surface area (TPSA) is 122 Å². The summed E-state index contributed by atoms with van der Waals surface area (Å²) in [6.07, 6.45) is -4.79. The van der Waals surface area contributed by atoms with Gasteiger partial charge >= 0.3 is 6.18 Å². The molecule has 20 heavy (non-hydrogen) atoms. The van der Waals surface area contributed by atoms with E-state index in [1.165, 1.54) is 4.72 Å². The second kappa shape index (κ2) is 5.50. The van der Waals surface area contributed by atoms with Gasteiger partial charge in [-0.25, -0.2) is 0 Å². The Labute approximate surface area is 110 Å². The van der Waals surface area contributed by atoms with Crippen molar-refractivity contribution in [1.82, 2.24) is 4.72 Å². The summed E-state index contributed by atoms with van der Waals surface area (Å²) in [5.41, 5.74) is -1.63. The van der Waals surface area contributed by atoms with Crippen LogP contribution in [0.4, 0.5) is 24.5 Å². The number of phenols is 1. The summed E-state index contributed by atoms with van der Waals surface area (Å²) in [7, 11) is -4.73. The third kappa shape index (κ3) is 4.55. The lowest BCUT2D eigenvalue weighted by molar-refractivity contribution is -0.383. The highest BCUT2D eigenvalue weighted by molar-refractivity contribution is 7.90. The molecule has 3 N–H and O–H groups in total. The second-order valence-corrected chi connectivity index (χ2v) is 4.97. The zero-order valence-electron chi connectivity index (χ0n) is 9.51. The molecule has 0 aromatic heterocycles. The van der Waals surface area contributed by atoms with Gasteiger partial charge in [0.15, 0.2) is 5.69 Å². The molecule has 0 aliphatic heterocycles. The molecule has 0 radical (unpaired) electrons. The number of nitrogens with one attached hydrogen (secondary N) is 2. The molecule has 0 unspecified atom stereocenters. The number of hydrogen-bond donors (Lipinski definition) is 3. The Morgan fingerprint density at radius 2 is 1.95 bits per heavy atom. The Balaban J connectivity index is 3.01. The summed E-state index contributed by atoms with van der Waals surface area (Å²) in [4.78, 5) is 9.64. The molecule has 0 fully saturated rings. The lowest BCUT2D eigenvalue weighted by Gasteiger charge is -2.12. The highest BCUT2D eigenvalue weighted by Crippen LogP contribution is 2.33. The molecule has 0 heterocycles. The normalized spacial score (nSPS) is 12.2. The minimum Gasteiger partial charge on any atom is -0.505 e. The fourth-order valence-corrected chi connectivity index (χ4v) is 2.04. The summed E-state index contributed by atoms with van der Waals surface area (Å²) in [5.74, 6) is -0.795. The predicted octanol–water partition coefficient (Wildman–Crippen LogP) is 1.11. The molecule has 0 saturated carbocycles. The monoisotopic (exact) mass is 315 g/mol. The smallest absolute Gasteiger partial charge is 0.402 e. The van der Waals surface area contributed by atoms with E-state index in [1.807, 2.05) is 0 Å². The van der Waals surface area contributed by atoms with E-state index in [0.29, 0.717) is 0 Å². The maximum atomic E-state index is 11.9. The van der Waals surface area contributed by atoms with Crippen molar-refractivity contribution in [3.05, 3.63) is 28.3 Å². The number of nitrogens with zero attached hydrogens (tertiary/aromatic N) is 1. The van der Waals surface area contributed by atoms with E-state index in [4.69, 9.17) is 0 Å². The fraction of sp³-hybridized carbons (Fsp3) is 0.250. The van der Waals surface area contributed by atoms with Crippen molar-refractivity contribution in [2.75, 3.05) is 11.3 Å². The fourth-order valence-electron chi connectivity index (χ4n) is 1.13. The number of anilines is 1. The van der Waals surface area contributed by atoms with Gasteiger partial charge in [-0.05, 0) is 6.07 Å². The molecule has 1 aromatic carbocycles. The van der Waals surface area contributed by atoms with Crippen LogP contribution in [0, 0.1) is 10.1 Å². The third-order valence-corrected chi connectivity index (χ3v) is 2.91. The Hall–Kier alpha value is -2.08. The maximum absolute atomic E-state index is 11.9. The highest BCUT2D eigenvalue weighted by atomic mass is 32.2. The molecule has 112 valence electrons. The minimum atomic E-state index is -4.79. The molecule has 1 aromatic rings. The van der Waals surface area contributed by atoms with Gasteiger partial charge in [0.2, 0.25) is 0 Å². The number of halogens is 3. The number of rotatable bonds is 5. The van der Waals surface area contributed by atoms with Crippen LogP contribution in [0.25, 0.3) is 0 Å². The molecular formula is C8H8F3N3O5S. The quantitative estimate of drug-likeness (QED) is 0.427. The number of hydrogen-bond acceptors (Lipinski definition) is 5. The maximum Gasteiger partial charge on any atom is 0.402 e. The van der Waals surface area contributed by atoms with Crippen molar-refractivity contribution in [2.24, 2.45) is 0 Å². The van der Waals surface area contributed by atoms with Gasteiger partial charge in [-0.2, -0.15) is 26.3 Å². The van der Waals surface area contributed by atoms with Crippen LogP contribution < -0.4 is 9.44 Å². The highest BCUT2D eigenvalue weighted by Gasteiger charge is 2.30. The van der Waals surface area contributed by atoms with E-state index < -0.39 is 45.0 Å². The van der Waals surface area contributed by atoms with Gasteiger partial charge in [-0.1, -0.05) is 6.07 Å². The van der Waals surface area contributed by atoms with Crippen LogP contribution in [0.1, 0.15) is 0 Å². The molecule has 0 saturated heterocycles. The van der Waals surface area contributed by atoms with Crippen molar-refractivity contribution in [1.29, 1.82) is 0 Å². The molecule has 12 heteroatoms. The first-order valence-electron chi connectivity index (χ1n) is 4.82. The minimum absolute atomic E-state index is 0.795. The van der Waals surface area contributed by atoms with Gasteiger partial charge < -0.3 is 5.11 Å². The number of alkyl halides is 3. The van der Waals surface area contributed by atoms with Gasteiger partial charge in [-0.3, -0.25) is 14.8 Å². The molecule has 1 rings (SSSR count). The molecule has 0 spiro atoms. The van der Waals surface area contributed by atoms with Crippen molar-refractivity contribution >= 4 is 21.6 Å². The number of nitro groups is 1. The van der Waals surface area contributed by atoms with Crippen molar-refractivity contribution < 1.29 is 31.6 Å². The van der Waals surface area contributed by atoms with Gasteiger partial charge in [0.1, 0.15) is 12.3 Å². The van der Waals surface area contributed by atoms with Crippen molar-refractivity contribution in [3.8, 4) is 5.75 Å². The van der Waals surface area contributed by atoms with Gasteiger partial charge in [-0.15, -0.1) is 0 Å². The first kappa shape index (κ1) is 16.0. The van der Waals surface area contributed by atoms with E-state index in [2.05, 4.69) is 0 Å². The van der Waals surface area contributed by atoms with Crippen LogP contribution in [0.3, 0.4) is 0 Å². The zero-order valence-corrected chi connectivity index (χ0v) is 10.3. The van der Waals surface area contributed by atoms with E-state index in [9.17, 15) is 36.8 Å². The Bertz CT molecular complexity index is 616. The predicted molar refractivity (Wildman–Crippen MR) is 61.4 cm³/mol. The van der Waals surface area contributed by atoms with Crippen LogP contribution in [0.2, 0.25) is 0 Å². The molecule has 8 nitrogen and oxygen atoms in total. The van der Waals surface area contributed by atoms with E-state index >= 15 is 0 Å². The Morgan fingerprint density at radius 1 is 1.35 bits per heavy atom. The summed E-state index contributed by atoms with van der Waals surface area (Å²) in [5, 5.41) is 20.0. The first-order valence-corrected chi connectivity index (χ1v) is 6.31. The van der Waals surface area contributed by atoms with E-state index in [1.54, 1.807) is 0 Å². The summed E-state index contributed by atoms with van der Waals surface area (Å²) >= 11 is 0. The Kier molecular flexibility index (Phi) is 4.39. The number of para-hydroxylation sites is 1. The van der Waals surface area contributed by atoms with Gasteiger partial charge in [0.05, 0.1) is 4.92 Å². The average molecular weight is 315 g/mol. The molecule has 0 aliphatic rings. The first-order chi connectivity index (χ1) is 9.02. The van der Waals surface area contributed by atoms with Gasteiger partial charge in [0.25, 0.3) is 15.9 Å². The number of benzene rings is 1. The second-order valence-electron chi connectivity index (χ2n) is 3.47. The molecular weight excluding hydrogens is 307 g/mol. The lowest BCUT2D eigenvalue weighted by atomic mass is 10.2. The van der Waals surface area contributed by atoms with Gasteiger partial charge in [0, 0.05) is 6.07 Å². The largest absolute Gasteiger partial charge is 0.505 e. The van der Waals surface area contributed by atoms with Crippen LogP contribution in [0.15, 0.2) is 18.2 Å². The third-order valence-electron chi connectivity index (χ3n) is 1.92. The summed E-state index contributed by atoms with van der Waals surface area (Å²) < 4.78 is 61.0. The van der Waals surface area contributed by atoms with Crippen LogP contribution in [0.5, 0.6) is 5.75 Å². The summed E-state index contributed by atoms with van der Waals surface area (Å²) in [6, 6.07) is 2.89. The standard InChI is InChI=1S/C8H8F3N3O5S/c9-8(10,11)4-12-20(18,19)13-7-5(14(16)17)2-1-3-6(7)15/h1-3,12-13,15H,4H2. The lowest BCUT2D eigenvalue weighted by Crippen LogP contribution is -2.37. The molecule has 0 bridgehead atoms. The number of phenolic OH excluding ortho intramolecular Hbond substituents is 1. The van der Waals surface area contributed by atoms with Crippen LogP contribution in [-0.4, -0.2) is 31.2 Å². The molecule has 0 atom stereocenters. The van der Waals surface area contributed by atoms with Crippen LogP contribution in [-0.2, 0) is 10.2 Å². The average Bonchev–Trinajstić information content (AvgIpc) is 2.28. The van der Waals surface area contributed by atoms with Crippen LogP contribution >= 0.6 is 0 Å². The molecule has 0 aliphatic carbocycles. The molecule has 0 amide bonds. The number of aromatic hydroxyl groups is 1. The van der Waals surface area contributed by atoms with Crippen molar-refractivity contribution in [2.45, 2.75) is 6.18 Å². The zero-order chi connectivity index (χ0) is 15.6. The summed E-state index contributed by atoms with van der Waals surface area (Å²) in [6.45, 7) is -1.86. The van der Waals surface area contributed by atoms with Crippen molar-refractivity contribution in [3.63, 3.8) is 0 Å². The number of nitro benzene ring substituents is 1. The van der Waals surface area contributed by atoms with E-state index in [-0.39, 0.29) is 0 Å². The Morgan fingerprint density at radius 3 is 2.45 bits per heavy atom. The SMILES string of the molecule is O=[N+]([O-])c1cccc(O)c1NS(=O)(=O)NCC(F)(F)F.